The molecule has 0 atom stereocenters. The van der Waals surface area contributed by atoms with Crippen molar-refractivity contribution in [1.29, 1.82) is 0 Å². The Balaban J connectivity index is 1.92. The van der Waals surface area contributed by atoms with Gasteiger partial charge in [0.15, 0.2) is 9.84 Å². The van der Waals surface area contributed by atoms with Crippen LogP contribution in [0.1, 0.15) is 0 Å². The normalized spacial score (nSPS) is 11.1. The van der Waals surface area contributed by atoms with E-state index in [0.29, 0.717) is 19.0 Å². The quantitative estimate of drug-likeness (QED) is 0.824. The Morgan fingerprint density at radius 2 is 1.90 bits per heavy atom. The molecule has 2 rings (SSSR count). The number of aromatic nitrogens is 1. The molecule has 2 aromatic rings. The molecule has 5 nitrogen and oxygen atoms in total. The summed E-state index contributed by atoms with van der Waals surface area (Å²) < 4.78 is 28.7. The van der Waals surface area contributed by atoms with Crippen molar-refractivity contribution in [3.8, 4) is 5.75 Å². The number of hydrogen-bond donors (Lipinski definition) is 1. The molecule has 0 radical (unpaired) electrons. The maximum Gasteiger partial charge on any atom is 0.179 e. The summed E-state index contributed by atoms with van der Waals surface area (Å²) in [5.74, 6) is 1.13. The van der Waals surface area contributed by atoms with E-state index in [1.54, 1.807) is 12.3 Å². The van der Waals surface area contributed by atoms with E-state index in [1.165, 1.54) is 6.07 Å². The maximum absolute atomic E-state index is 11.6. The van der Waals surface area contributed by atoms with Crippen molar-refractivity contribution in [2.45, 2.75) is 4.90 Å². The molecule has 0 spiro atoms. The van der Waals surface area contributed by atoms with Crippen LogP contribution >= 0.6 is 0 Å². The smallest absolute Gasteiger partial charge is 0.179 e. The third-order valence-corrected chi connectivity index (χ3v) is 3.70. The molecular formula is C14H16N2O3S. The first-order valence-corrected chi connectivity index (χ1v) is 8.03. The molecule has 1 heterocycles. The summed E-state index contributed by atoms with van der Waals surface area (Å²) in [4.78, 5) is 4.24. The van der Waals surface area contributed by atoms with Crippen LogP contribution in [-0.4, -0.2) is 32.8 Å². The van der Waals surface area contributed by atoms with E-state index in [4.69, 9.17) is 4.74 Å². The molecule has 0 unspecified atom stereocenters. The second kappa shape index (κ2) is 6.38. The largest absolute Gasteiger partial charge is 0.492 e. The van der Waals surface area contributed by atoms with Crippen molar-refractivity contribution in [1.82, 2.24) is 4.98 Å². The zero-order valence-corrected chi connectivity index (χ0v) is 11.9. The number of para-hydroxylation sites is 1. The number of ether oxygens (including phenoxy) is 1. The molecule has 20 heavy (non-hydrogen) atoms. The summed E-state index contributed by atoms with van der Waals surface area (Å²) in [5.41, 5.74) is 0. The Hall–Kier alpha value is -2.08. The van der Waals surface area contributed by atoms with Gasteiger partial charge in [0.25, 0.3) is 0 Å². The average molecular weight is 292 g/mol. The van der Waals surface area contributed by atoms with E-state index >= 15 is 0 Å². The molecule has 0 saturated carbocycles. The van der Waals surface area contributed by atoms with Crippen LogP contribution in [0.4, 0.5) is 5.82 Å². The number of hydrogen-bond acceptors (Lipinski definition) is 5. The summed E-state index contributed by atoms with van der Waals surface area (Å²) >= 11 is 0. The highest BCUT2D eigenvalue weighted by molar-refractivity contribution is 7.90. The van der Waals surface area contributed by atoms with Crippen molar-refractivity contribution in [3.05, 3.63) is 48.7 Å². The first-order chi connectivity index (χ1) is 9.57. The van der Waals surface area contributed by atoms with E-state index in [0.717, 1.165) is 12.0 Å². The molecule has 0 saturated heterocycles. The van der Waals surface area contributed by atoms with Gasteiger partial charge in [-0.05, 0) is 24.3 Å². The number of nitrogens with zero attached hydrogens (tertiary/aromatic N) is 1. The average Bonchev–Trinajstić information content (AvgIpc) is 2.44. The van der Waals surface area contributed by atoms with Crippen molar-refractivity contribution in [2.75, 3.05) is 24.7 Å². The van der Waals surface area contributed by atoms with Crippen LogP contribution in [0.25, 0.3) is 0 Å². The Kier molecular flexibility index (Phi) is 4.57. The van der Waals surface area contributed by atoms with Crippen LogP contribution in [0.2, 0.25) is 0 Å². The molecule has 0 bridgehead atoms. The van der Waals surface area contributed by atoms with Gasteiger partial charge in [-0.15, -0.1) is 0 Å². The summed E-state index contributed by atoms with van der Waals surface area (Å²) in [6.45, 7) is 0.887. The van der Waals surface area contributed by atoms with Gasteiger partial charge in [0.1, 0.15) is 23.1 Å². The van der Waals surface area contributed by atoms with E-state index in [9.17, 15) is 8.42 Å². The Morgan fingerprint density at radius 1 is 1.15 bits per heavy atom. The number of benzene rings is 1. The highest BCUT2D eigenvalue weighted by Crippen LogP contribution is 2.17. The lowest BCUT2D eigenvalue weighted by molar-refractivity contribution is 0.332. The summed E-state index contributed by atoms with van der Waals surface area (Å²) in [5, 5.41) is 2.97. The third-order valence-electron chi connectivity index (χ3n) is 2.58. The number of anilines is 1. The Bertz CT molecular complexity index is 657. The maximum atomic E-state index is 11.6. The van der Waals surface area contributed by atoms with Gasteiger partial charge in [-0.2, -0.15) is 0 Å². The molecule has 0 aliphatic rings. The van der Waals surface area contributed by atoms with Crippen molar-refractivity contribution >= 4 is 15.7 Å². The minimum atomic E-state index is -3.29. The zero-order valence-electron chi connectivity index (χ0n) is 11.1. The zero-order chi connectivity index (χ0) is 14.4. The lowest BCUT2D eigenvalue weighted by atomic mass is 10.3. The number of pyridine rings is 1. The summed E-state index contributed by atoms with van der Waals surface area (Å²) in [6.07, 6.45) is 2.71. The van der Waals surface area contributed by atoms with E-state index in [2.05, 4.69) is 10.3 Å². The van der Waals surface area contributed by atoms with E-state index in [-0.39, 0.29) is 4.90 Å². The van der Waals surface area contributed by atoms with Crippen LogP contribution in [0.15, 0.2) is 53.6 Å². The molecule has 106 valence electrons. The van der Waals surface area contributed by atoms with Crippen LogP contribution in [0.5, 0.6) is 5.75 Å². The molecule has 1 aromatic carbocycles. The van der Waals surface area contributed by atoms with Gasteiger partial charge < -0.3 is 10.1 Å². The number of nitrogens with one attached hydrogen (secondary N) is 1. The second-order valence-electron chi connectivity index (χ2n) is 4.21. The predicted molar refractivity (Wildman–Crippen MR) is 77.8 cm³/mol. The summed E-state index contributed by atoms with van der Waals surface area (Å²) in [6, 6.07) is 12.6. The van der Waals surface area contributed by atoms with Gasteiger partial charge >= 0.3 is 0 Å². The molecule has 0 aliphatic carbocycles. The highest BCUT2D eigenvalue weighted by Gasteiger charge is 2.13. The van der Waals surface area contributed by atoms with Gasteiger partial charge in [0.05, 0.1) is 6.54 Å². The highest BCUT2D eigenvalue weighted by atomic mass is 32.2. The van der Waals surface area contributed by atoms with Crippen molar-refractivity contribution < 1.29 is 13.2 Å². The van der Waals surface area contributed by atoms with Gasteiger partial charge in [0, 0.05) is 12.5 Å². The monoisotopic (exact) mass is 292 g/mol. The first kappa shape index (κ1) is 14.3. The SMILES string of the molecule is CS(=O)(=O)c1cccnc1NCCOc1ccccc1. The van der Waals surface area contributed by atoms with Crippen LogP contribution in [-0.2, 0) is 9.84 Å². The summed E-state index contributed by atoms with van der Waals surface area (Å²) in [7, 11) is -3.29. The van der Waals surface area contributed by atoms with Gasteiger partial charge in [0.2, 0.25) is 0 Å². The molecule has 1 aromatic heterocycles. The third kappa shape index (κ3) is 3.96. The Morgan fingerprint density at radius 3 is 2.60 bits per heavy atom. The fraction of sp³-hybridized carbons (Fsp3) is 0.214. The van der Waals surface area contributed by atoms with Gasteiger partial charge in [-0.25, -0.2) is 13.4 Å². The first-order valence-electron chi connectivity index (χ1n) is 6.14. The molecule has 0 aliphatic heterocycles. The molecule has 0 fully saturated rings. The van der Waals surface area contributed by atoms with Crippen LogP contribution in [0.3, 0.4) is 0 Å². The van der Waals surface area contributed by atoms with Gasteiger partial charge in [-0.1, -0.05) is 18.2 Å². The minimum Gasteiger partial charge on any atom is -0.492 e. The number of rotatable bonds is 6. The standard InChI is InChI=1S/C14H16N2O3S/c1-20(17,18)13-8-5-9-15-14(13)16-10-11-19-12-6-3-2-4-7-12/h2-9H,10-11H2,1H3,(H,15,16). The molecule has 0 amide bonds. The van der Waals surface area contributed by atoms with Crippen molar-refractivity contribution in [3.63, 3.8) is 0 Å². The minimum absolute atomic E-state index is 0.194. The van der Waals surface area contributed by atoms with Crippen molar-refractivity contribution in [2.24, 2.45) is 0 Å². The topological polar surface area (TPSA) is 68.3 Å². The van der Waals surface area contributed by atoms with E-state index in [1.807, 2.05) is 30.3 Å². The lowest BCUT2D eigenvalue weighted by Gasteiger charge is -2.10. The number of sulfone groups is 1. The molecule has 6 heteroatoms. The van der Waals surface area contributed by atoms with E-state index < -0.39 is 9.84 Å². The molecular weight excluding hydrogens is 276 g/mol. The predicted octanol–water partition coefficient (Wildman–Crippen LogP) is 1.98. The van der Waals surface area contributed by atoms with Crippen LogP contribution in [0, 0.1) is 0 Å². The van der Waals surface area contributed by atoms with Crippen LogP contribution < -0.4 is 10.1 Å². The van der Waals surface area contributed by atoms with Gasteiger partial charge in [-0.3, -0.25) is 0 Å². The molecule has 1 N–H and O–H groups in total. The Labute approximate surface area is 118 Å². The fourth-order valence-corrected chi connectivity index (χ4v) is 2.48. The lowest BCUT2D eigenvalue weighted by Crippen LogP contribution is -2.14. The fourth-order valence-electron chi connectivity index (χ4n) is 1.68. The second-order valence-corrected chi connectivity index (χ2v) is 6.19.